The first kappa shape index (κ1) is 14.4. The predicted octanol–water partition coefficient (Wildman–Crippen LogP) is 2.61. The first-order valence-corrected chi connectivity index (χ1v) is 6.14. The van der Waals surface area contributed by atoms with Crippen molar-refractivity contribution in [1.29, 1.82) is 0 Å². The molecule has 2 N–H and O–H groups in total. The van der Waals surface area contributed by atoms with Crippen LogP contribution < -0.4 is 5.32 Å². The lowest BCUT2D eigenvalue weighted by atomic mass is 10.1. The van der Waals surface area contributed by atoms with E-state index in [1.807, 2.05) is 13.0 Å². The second-order valence-corrected chi connectivity index (χ2v) is 4.45. The number of benzene rings is 1. The number of nitrogens with zero attached hydrogens (tertiary/aromatic N) is 2. The highest BCUT2D eigenvalue weighted by molar-refractivity contribution is 5.93. The van der Waals surface area contributed by atoms with E-state index in [1.165, 1.54) is 18.2 Å². The molecule has 0 saturated carbocycles. The van der Waals surface area contributed by atoms with Crippen LogP contribution in [0.15, 0.2) is 36.7 Å². The summed E-state index contributed by atoms with van der Waals surface area (Å²) >= 11 is 0. The number of nitrogens with one attached hydrogen (secondary N) is 1. The minimum Gasteiger partial charge on any atom is -0.477 e. The topological polar surface area (TPSA) is 105 Å². The van der Waals surface area contributed by atoms with Crippen molar-refractivity contribution in [1.82, 2.24) is 4.98 Å². The molecule has 0 aliphatic rings. The summed E-state index contributed by atoms with van der Waals surface area (Å²) in [4.78, 5) is 25.1. The van der Waals surface area contributed by atoms with Gasteiger partial charge in [0.1, 0.15) is 5.56 Å². The number of carboxylic acid groups (broad SMARTS) is 1. The molecule has 0 aliphatic heterocycles. The van der Waals surface area contributed by atoms with E-state index in [0.717, 1.165) is 11.1 Å². The zero-order valence-electron chi connectivity index (χ0n) is 11.2. The summed E-state index contributed by atoms with van der Waals surface area (Å²) in [6.07, 6.45) is 3.40. The van der Waals surface area contributed by atoms with Crippen molar-refractivity contribution in [3.05, 3.63) is 63.5 Å². The van der Waals surface area contributed by atoms with Crippen LogP contribution in [0.2, 0.25) is 0 Å². The number of nitro benzene ring substituents is 1. The van der Waals surface area contributed by atoms with Crippen molar-refractivity contribution in [3.8, 4) is 0 Å². The fraction of sp³-hybridized carbons (Fsp3) is 0.143. The summed E-state index contributed by atoms with van der Waals surface area (Å²) in [5.41, 5.74) is 1.75. The Labute approximate surface area is 120 Å². The molecule has 0 aliphatic carbocycles. The minimum atomic E-state index is -1.33. The average Bonchev–Trinajstić information content (AvgIpc) is 2.46. The molecular weight excluding hydrogens is 274 g/mol. The fourth-order valence-corrected chi connectivity index (χ4v) is 1.86. The molecule has 7 nitrogen and oxygen atoms in total. The first-order valence-electron chi connectivity index (χ1n) is 6.14. The van der Waals surface area contributed by atoms with Crippen LogP contribution in [-0.2, 0) is 6.54 Å². The van der Waals surface area contributed by atoms with Crippen LogP contribution in [0.5, 0.6) is 0 Å². The highest BCUT2D eigenvalue weighted by Gasteiger charge is 2.19. The maximum Gasteiger partial charge on any atom is 0.342 e. The molecular formula is C14H13N3O4. The van der Waals surface area contributed by atoms with E-state index in [1.54, 1.807) is 12.4 Å². The highest BCUT2D eigenvalue weighted by atomic mass is 16.6. The number of hydrogen-bond donors (Lipinski definition) is 2. The molecule has 0 bridgehead atoms. The number of aryl methyl sites for hydroxylation is 1. The van der Waals surface area contributed by atoms with Crippen LogP contribution >= 0.6 is 0 Å². The molecule has 108 valence electrons. The number of carbonyl (C=O) groups is 1. The van der Waals surface area contributed by atoms with Crippen LogP contribution in [0.1, 0.15) is 21.5 Å². The lowest BCUT2D eigenvalue weighted by molar-refractivity contribution is -0.385. The Morgan fingerprint density at radius 1 is 1.43 bits per heavy atom. The van der Waals surface area contributed by atoms with Gasteiger partial charge in [0.05, 0.1) is 4.92 Å². The second-order valence-electron chi connectivity index (χ2n) is 4.45. The third kappa shape index (κ3) is 3.33. The number of carboxylic acids is 1. The molecule has 0 saturated heterocycles. The third-order valence-electron chi connectivity index (χ3n) is 3.05. The van der Waals surface area contributed by atoms with E-state index in [2.05, 4.69) is 10.3 Å². The zero-order chi connectivity index (χ0) is 15.4. The standard InChI is InChI=1S/C14H13N3O4/c1-9-4-5-15-7-10(9)8-16-11-2-3-13(17(20)21)12(6-11)14(18)19/h2-7,16H,8H2,1H3,(H,18,19). The average molecular weight is 287 g/mol. The number of rotatable bonds is 5. The van der Waals surface area contributed by atoms with Crippen molar-refractivity contribution < 1.29 is 14.8 Å². The number of pyridine rings is 1. The summed E-state index contributed by atoms with van der Waals surface area (Å²) in [5.74, 6) is -1.33. The minimum absolute atomic E-state index is 0.340. The molecule has 1 heterocycles. The SMILES string of the molecule is Cc1ccncc1CNc1ccc([N+](=O)[O-])c(C(=O)O)c1. The van der Waals surface area contributed by atoms with Gasteiger partial charge in [-0.1, -0.05) is 0 Å². The monoisotopic (exact) mass is 287 g/mol. The third-order valence-corrected chi connectivity index (χ3v) is 3.05. The molecule has 0 atom stereocenters. The van der Waals surface area contributed by atoms with Gasteiger partial charge in [-0.2, -0.15) is 0 Å². The normalized spacial score (nSPS) is 10.1. The Morgan fingerprint density at radius 2 is 2.19 bits per heavy atom. The van der Waals surface area contributed by atoms with E-state index in [9.17, 15) is 14.9 Å². The van der Waals surface area contributed by atoms with Gasteiger partial charge in [-0.3, -0.25) is 15.1 Å². The fourth-order valence-electron chi connectivity index (χ4n) is 1.86. The van der Waals surface area contributed by atoms with E-state index < -0.39 is 16.6 Å². The molecule has 21 heavy (non-hydrogen) atoms. The number of hydrogen-bond acceptors (Lipinski definition) is 5. The van der Waals surface area contributed by atoms with Gasteiger partial charge in [0.25, 0.3) is 5.69 Å². The Kier molecular flexibility index (Phi) is 4.13. The molecule has 0 unspecified atom stereocenters. The zero-order valence-corrected chi connectivity index (χ0v) is 11.2. The Hall–Kier alpha value is -2.96. The molecule has 7 heteroatoms. The van der Waals surface area contributed by atoms with E-state index in [0.29, 0.717) is 12.2 Å². The number of aromatic nitrogens is 1. The predicted molar refractivity (Wildman–Crippen MR) is 76.4 cm³/mol. The molecule has 1 aromatic carbocycles. The maximum atomic E-state index is 11.1. The maximum absolute atomic E-state index is 11.1. The molecule has 1 aromatic heterocycles. The van der Waals surface area contributed by atoms with Gasteiger partial charge in [-0.05, 0) is 36.2 Å². The van der Waals surface area contributed by atoms with Gasteiger partial charge < -0.3 is 10.4 Å². The smallest absolute Gasteiger partial charge is 0.342 e. The quantitative estimate of drug-likeness (QED) is 0.646. The lowest BCUT2D eigenvalue weighted by Gasteiger charge is -2.09. The van der Waals surface area contributed by atoms with Gasteiger partial charge >= 0.3 is 5.97 Å². The van der Waals surface area contributed by atoms with Crippen molar-refractivity contribution >= 4 is 17.3 Å². The van der Waals surface area contributed by atoms with Crippen LogP contribution in [-0.4, -0.2) is 21.0 Å². The summed E-state index contributed by atoms with van der Waals surface area (Å²) in [7, 11) is 0. The van der Waals surface area contributed by atoms with Crippen LogP contribution in [0.4, 0.5) is 11.4 Å². The highest BCUT2D eigenvalue weighted by Crippen LogP contribution is 2.23. The number of nitro groups is 1. The Morgan fingerprint density at radius 3 is 2.81 bits per heavy atom. The van der Waals surface area contributed by atoms with Gasteiger partial charge in [0.2, 0.25) is 0 Å². The Balaban J connectivity index is 2.22. The molecule has 2 rings (SSSR count). The van der Waals surface area contributed by atoms with Gasteiger partial charge in [-0.25, -0.2) is 4.79 Å². The molecule has 0 radical (unpaired) electrons. The molecule has 0 spiro atoms. The van der Waals surface area contributed by atoms with Crippen LogP contribution in [0.3, 0.4) is 0 Å². The van der Waals surface area contributed by atoms with Gasteiger partial charge in [0.15, 0.2) is 0 Å². The van der Waals surface area contributed by atoms with Gasteiger partial charge in [-0.15, -0.1) is 0 Å². The van der Waals surface area contributed by atoms with Gasteiger partial charge in [0, 0.05) is 30.7 Å². The van der Waals surface area contributed by atoms with E-state index in [4.69, 9.17) is 5.11 Å². The summed E-state index contributed by atoms with van der Waals surface area (Å²) in [5, 5.41) is 22.8. The van der Waals surface area contributed by atoms with Crippen LogP contribution in [0, 0.1) is 17.0 Å². The van der Waals surface area contributed by atoms with E-state index >= 15 is 0 Å². The lowest BCUT2D eigenvalue weighted by Crippen LogP contribution is -2.06. The summed E-state index contributed by atoms with van der Waals surface area (Å²) in [6.45, 7) is 2.40. The van der Waals surface area contributed by atoms with Crippen LogP contribution in [0.25, 0.3) is 0 Å². The van der Waals surface area contributed by atoms with Crippen molar-refractivity contribution in [2.24, 2.45) is 0 Å². The van der Waals surface area contributed by atoms with E-state index in [-0.39, 0.29) is 5.56 Å². The second kappa shape index (κ2) is 6.00. The number of anilines is 1. The molecule has 0 amide bonds. The summed E-state index contributed by atoms with van der Waals surface area (Å²) in [6, 6.07) is 5.79. The Bertz CT molecular complexity index is 700. The molecule has 2 aromatic rings. The first-order chi connectivity index (χ1) is 9.99. The largest absolute Gasteiger partial charge is 0.477 e. The summed E-state index contributed by atoms with van der Waals surface area (Å²) < 4.78 is 0. The van der Waals surface area contributed by atoms with Crippen molar-refractivity contribution in [3.63, 3.8) is 0 Å². The molecule has 0 fully saturated rings. The number of aromatic carboxylic acids is 1. The van der Waals surface area contributed by atoms with Crippen molar-refractivity contribution in [2.45, 2.75) is 13.5 Å². The van der Waals surface area contributed by atoms with Crippen molar-refractivity contribution in [2.75, 3.05) is 5.32 Å².